The number of nitrogens with zero attached hydrogens (tertiary/aromatic N) is 1. The lowest BCUT2D eigenvalue weighted by molar-refractivity contribution is -0.00604. The van der Waals surface area contributed by atoms with Gasteiger partial charge in [-0.3, -0.25) is 0 Å². The Hall–Kier alpha value is -1.35. The molecule has 3 heteroatoms. The van der Waals surface area contributed by atoms with Crippen molar-refractivity contribution in [3.05, 3.63) is 70.2 Å². The molecule has 1 aliphatic rings. The smallest absolute Gasteiger partial charge is 0.0967 e. The van der Waals surface area contributed by atoms with E-state index in [0.717, 1.165) is 54.8 Å². The van der Waals surface area contributed by atoms with Crippen molar-refractivity contribution in [2.45, 2.75) is 43.6 Å². The molecule has 0 saturated carbocycles. The molecule has 1 N–H and O–H groups in total. The zero-order valence-corrected chi connectivity index (χ0v) is 16.0. The number of rotatable bonds is 5. The van der Waals surface area contributed by atoms with Crippen molar-refractivity contribution < 1.29 is 5.11 Å². The van der Waals surface area contributed by atoms with Gasteiger partial charge in [-0.25, -0.2) is 0 Å². The summed E-state index contributed by atoms with van der Waals surface area (Å²) in [7, 11) is 4.17. The molecule has 0 saturated heterocycles. The lowest BCUT2D eigenvalue weighted by Gasteiger charge is -2.37. The fourth-order valence-electron chi connectivity index (χ4n) is 4.22. The number of fused-ring (bicyclic) bond motifs is 1. The molecule has 0 heterocycles. The van der Waals surface area contributed by atoms with E-state index in [0.29, 0.717) is 0 Å². The summed E-state index contributed by atoms with van der Waals surface area (Å²) in [5.74, 6) is 0.0806. The van der Waals surface area contributed by atoms with Crippen LogP contribution in [0.15, 0.2) is 48.5 Å². The largest absolute Gasteiger partial charge is 0.385 e. The summed E-state index contributed by atoms with van der Waals surface area (Å²) in [5.41, 5.74) is 2.71. The summed E-state index contributed by atoms with van der Waals surface area (Å²) in [5, 5.41) is 12.7. The van der Waals surface area contributed by atoms with E-state index in [1.54, 1.807) is 0 Å². The molecule has 0 bridgehead atoms. The van der Waals surface area contributed by atoms with Crippen molar-refractivity contribution >= 4 is 11.6 Å². The van der Waals surface area contributed by atoms with Crippen molar-refractivity contribution in [1.82, 2.24) is 4.90 Å². The molecule has 2 aromatic rings. The van der Waals surface area contributed by atoms with Crippen LogP contribution in [-0.2, 0) is 12.0 Å². The molecule has 1 aliphatic carbocycles. The van der Waals surface area contributed by atoms with Crippen LogP contribution in [-0.4, -0.2) is 30.6 Å². The monoisotopic (exact) mass is 357 g/mol. The van der Waals surface area contributed by atoms with Gasteiger partial charge in [0.15, 0.2) is 0 Å². The normalized spacial score (nSPS) is 23.3. The Morgan fingerprint density at radius 1 is 1.16 bits per heavy atom. The zero-order chi connectivity index (χ0) is 17.9. The quantitative estimate of drug-likeness (QED) is 0.762. The van der Waals surface area contributed by atoms with Crippen molar-refractivity contribution in [1.29, 1.82) is 0 Å². The molecule has 0 radical (unpaired) electrons. The van der Waals surface area contributed by atoms with Crippen LogP contribution in [0.2, 0.25) is 5.02 Å². The van der Waals surface area contributed by atoms with Gasteiger partial charge in [0.2, 0.25) is 0 Å². The maximum Gasteiger partial charge on any atom is 0.0967 e. The summed E-state index contributed by atoms with van der Waals surface area (Å²) in [4.78, 5) is 2.18. The third kappa shape index (κ3) is 4.08. The van der Waals surface area contributed by atoms with Crippen LogP contribution in [0, 0.1) is 0 Å². The molecule has 2 nitrogen and oxygen atoms in total. The zero-order valence-electron chi connectivity index (χ0n) is 15.2. The van der Waals surface area contributed by atoms with E-state index in [4.69, 9.17) is 11.6 Å². The van der Waals surface area contributed by atoms with E-state index in [-0.39, 0.29) is 5.92 Å². The minimum absolute atomic E-state index is 0.0806. The highest BCUT2D eigenvalue weighted by molar-refractivity contribution is 6.30. The number of aryl methyl sites for hydroxylation is 1. The Balaban J connectivity index is 2.02. The first-order chi connectivity index (χ1) is 12.0. The molecule has 0 amide bonds. The average molecular weight is 358 g/mol. The lowest BCUT2D eigenvalue weighted by atomic mass is 9.73. The molecule has 3 rings (SSSR count). The van der Waals surface area contributed by atoms with Crippen molar-refractivity contribution in [2.24, 2.45) is 0 Å². The highest BCUT2D eigenvalue weighted by Gasteiger charge is 2.41. The third-order valence-corrected chi connectivity index (χ3v) is 5.65. The minimum atomic E-state index is -0.839. The summed E-state index contributed by atoms with van der Waals surface area (Å²) >= 11 is 6.26. The summed E-state index contributed by atoms with van der Waals surface area (Å²) in [6.07, 6.45) is 4.83. The average Bonchev–Trinajstić information content (AvgIpc) is 2.72. The van der Waals surface area contributed by atoms with Gasteiger partial charge in [-0.15, -0.1) is 0 Å². The molecular weight excluding hydrogens is 330 g/mol. The van der Waals surface area contributed by atoms with E-state index in [1.807, 2.05) is 18.2 Å². The van der Waals surface area contributed by atoms with Gasteiger partial charge in [-0.2, -0.15) is 0 Å². The van der Waals surface area contributed by atoms with Crippen LogP contribution in [0.1, 0.15) is 48.3 Å². The number of hydrogen-bond acceptors (Lipinski definition) is 2. The van der Waals surface area contributed by atoms with E-state index < -0.39 is 5.60 Å². The van der Waals surface area contributed by atoms with Gasteiger partial charge in [0.25, 0.3) is 0 Å². The molecule has 0 fully saturated rings. The first-order valence-electron chi connectivity index (χ1n) is 9.21. The van der Waals surface area contributed by atoms with Crippen LogP contribution in [0.25, 0.3) is 0 Å². The van der Waals surface area contributed by atoms with Crippen molar-refractivity contribution in [3.8, 4) is 0 Å². The van der Waals surface area contributed by atoms with Crippen LogP contribution >= 0.6 is 11.6 Å². The third-order valence-electron chi connectivity index (χ3n) is 5.41. The molecule has 0 unspecified atom stereocenters. The maximum atomic E-state index is 12.0. The number of halogens is 1. The standard InChI is InChI=1S/C22H28ClNO/c1-24(2)15-7-14-22(25)20-12-4-3-8-17(20)9-6-13-21(22)18-10-5-11-19(23)16-18/h3-5,8,10-12,16,21,25H,6-7,9,13-15H2,1-2H3/t21-,22-/m0/s1. The SMILES string of the molecule is CN(C)CCC[C@]1(O)c2ccccc2CCC[C@H]1c1cccc(Cl)c1. The van der Waals surface area contributed by atoms with E-state index >= 15 is 0 Å². The van der Waals surface area contributed by atoms with Crippen LogP contribution in [0.4, 0.5) is 0 Å². The van der Waals surface area contributed by atoms with Crippen molar-refractivity contribution in [3.63, 3.8) is 0 Å². The van der Waals surface area contributed by atoms with Crippen LogP contribution < -0.4 is 0 Å². The highest BCUT2D eigenvalue weighted by Crippen LogP contribution is 2.47. The fraction of sp³-hybridized carbons (Fsp3) is 0.455. The van der Waals surface area contributed by atoms with Gasteiger partial charge >= 0.3 is 0 Å². The van der Waals surface area contributed by atoms with Gasteiger partial charge in [0.05, 0.1) is 5.60 Å². The van der Waals surface area contributed by atoms with E-state index in [2.05, 4.69) is 49.3 Å². The molecule has 2 aromatic carbocycles. The maximum absolute atomic E-state index is 12.0. The van der Waals surface area contributed by atoms with Crippen molar-refractivity contribution in [2.75, 3.05) is 20.6 Å². The van der Waals surface area contributed by atoms with E-state index in [1.165, 1.54) is 5.56 Å². The Morgan fingerprint density at radius 2 is 1.96 bits per heavy atom. The summed E-state index contributed by atoms with van der Waals surface area (Å²) in [6.45, 7) is 0.979. The summed E-state index contributed by atoms with van der Waals surface area (Å²) < 4.78 is 0. The Bertz CT molecular complexity index is 715. The second-order valence-electron chi connectivity index (χ2n) is 7.49. The minimum Gasteiger partial charge on any atom is -0.385 e. The Morgan fingerprint density at radius 3 is 2.72 bits per heavy atom. The molecule has 0 spiro atoms. The Kier molecular flexibility index (Phi) is 5.83. The Labute approximate surface area is 156 Å². The predicted octanol–water partition coefficient (Wildman–Crippen LogP) is 4.99. The molecule has 25 heavy (non-hydrogen) atoms. The second kappa shape index (κ2) is 7.90. The van der Waals surface area contributed by atoms with Gasteiger partial charge in [0.1, 0.15) is 0 Å². The van der Waals surface area contributed by atoms with E-state index in [9.17, 15) is 5.11 Å². The second-order valence-corrected chi connectivity index (χ2v) is 7.92. The number of benzene rings is 2. The van der Waals surface area contributed by atoms with Gasteiger partial charge in [-0.1, -0.05) is 48.0 Å². The molecule has 2 atom stereocenters. The fourth-order valence-corrected chi connectivity index (χ4v) is 4.42. The van der Waals surface area contributed by atoms with Gasteiger partial charge < -0.3 is 10.0 Å². The van der Waals surface area contributed by atoms with Gasteiger partial charge in [-0.05, 0) is 81.6 Å². The predicted molar refractivity (Wildman–Crippen MR) is 105 cm³/mol. The van der Waals surface area contributed by atoms with Crippen LogP contribution in [0.5, 0.6) is 0 Å². The molecular formula is C22H28ClNO. The topological polar surface area (TPSA) is 23.5 Å². The molecule has 0 aliphatic heterocycles. The van der Waals surface area contributed by atoms with Crippen LogP contribution in [0.3, 0.4) is 0 Å². The lowest BCUT2D eigenvalue weighted by Crippen LogP contribution is -2.34. The highest BCUT2D eigenvalue weighted by atomic mass is 35.5. The first-order valence-corrected chi connectivity index (χ1v) is 9.59. The molecule has 0 aromatic heterocycles. The first kappa shape index (κ1) is 18.4. The number of hydrogen-bond donors (Lipinski definition) is 1. The molecule has 134 valence electrons. The summed E-state index contributed by atoms with van der Waals surface area (Å²) in [6, 6.07) is 16.5. The number of aliphatic hydroxyl groups is 1. The van der Waals surface area contributed by atoms with Gasteiger partial charge in [0, 0.05) is 10.9 Å².